The van der Waals surface area contributed by atoms with Crippen LogP contribution in [0.5, 0.6) is 0 Å². The number of hydrogen-bond donors (Lipinski definition) is 1. The van der Waals surface area contributed by atoms with Crippen molar-refractivity contribution in [3.05, 3.63) is 0 Å². The van der Waals surface area contributed by atoms with Crippen LogP contribution in [0.3, 0.4) is 0 Å². The lowest BCUT2D eigenvalue weighted by Crippen LogP contribution is -2.41. The molecule has 1 heterocycles. The molecule has 86 valence electrons. The smallest absolute Gasteiger partial charge is 0.410 e. The first-order valence-electron chi connectivity index (χ1n) is 5.51. The number of amides is 1. The van der Waals surface area contributed by atoms with Gasteiger partial charge in [-0.2, -0.15) is 0 Å². The molecule has 0 bridgehead atoms. The van der Waals surface area contributed by atoms with Crippen LogP contribution in [0.1, 0.15) is 40.0 Å². The Morgan fingerprint density at radius 3 is 2.53 bits per heavy atom. The van der Waals surface area contributed by atoms with E-state index >= 15 is 0 Å². The predicted octanol–water partition coefficient (Wildman–Crippen LogP) is 1.52. The van der Waals surface area contributed by atoms with Crippen molar-refractivity contribution in [1.29, 1.82) is 0 Å². The SMILES string of the molecule is CC(C)(C)OC(=O)N1CC(O)CC12CC2. The van der Waals surface area contributed by atoms with Crippen molar-refractivity contribution in [2.75, 3.05) is 6.54 Å². The number of carbonyl (C=O) groups excluding carboxylic acids is 1. The second kappa shape index (κ2) is 3.11. The Hall–Kier alpha value is -0.770. The second-order valence-corrected chi connectivity index (χ2v) is 5.67. The standard InChI is InChI=1S/C11H19NO3/c1-10(2,3)15-9(14)12-7-8(13)6-11(12)4-5-11/h8,13H,4-7H2,1-3H3. The number of aliphatic hydroxyl groups excluding tert-OH is 1. The zero-order valence-corrected chi connectivity index (χ0v) is 9.62. The summed E-state index contributed by atoms with van der Waals surface area (Å²) in [7, 11) is 0. The fraction of sp³-hybridized carbons (Fsp3) is 0.909. The molecule has 1 unspecified atom stereocenters. The van der Waals surface area contributed by atoms with Crippen LogP contribution in [0.15, 0.2) is 0 Å². The summed E-state index contributed by atoms with van der Waals surface area (Å²) in [5, 5.41) is 9.57. The van der Waals surface area contributed by atoms with Crippen LogP contribution in [-0.2, 0) is 4.74 Å². The van der Waals surface area contributed by atoms with Crippen LogP contribution in [0.25, 0.3) is 0 Å². The lowest BCUT2D eigenvalue weighted by Gasteiger charge is -2.28. The molecule has 0 aromatic heterocycles. The molecule has 1 saturated heterocycles. The van der Waals surface area contributed by atoms with Crippen molar-refractivity contribution in [2.24, 2.45) is 0 Å². The van der Waals surface area contributed by atoms with Gasteiger partial charge in [-0.3, -0.25) is 4.90 Å². The maximum atomic E-state index is 11.9. The summed E-state index contributed by atoms with van der Waals surface area (Å²) in [6.07, 6.45) is 2.07. The van der Waals surface area contributed by atoms with Gasteiger partial charge in [-0.25, -0.2) is 4.79 Å². The van der Waals surface area contributed by atoms with Gasteiger partial charge in [-0.1, -0.05) is 0 Å². The molecule has 1 atom stereocenters. The van der Waals surface area contributed by atoms with Crippen molar-refractivity contribution < 1.29 is 14.6 Å². The van der Waals surface area contributed by atoms with Crippen LogP contribution < -0.4 is 0 Å². The van der Waals surface area contributed by atoms with E-state index in [-0.39, 0.29) is 17.7 Å². The Labute approximate surface area is 90.2 Å². The number of nitrogens with zero attached hydrogens (tertiary/aromatic N) is 1. The summed E-state index contributed by atoms with van der Waals surface area (Å²) in [5.41, 5.74) is -0.525. The first-order valence-corrected chi connectivity index (χ1v) is 5.51. The minimum Gasteiger partial charge on any atom is -0.444 e. The van der Waals surface area contributed by atoms with Gasteiger partial charge >= 0.3 is 6.09 Å². The number of β-amino-alcohol motifs (C(OH)–C–C–N with tert-alkyl or cyclic N) is 1. The van der Waals surface area contributed by atoms with E-state index in [9.17, 15) is 9.90 Å². The molecular formula is C11H19NO3. The van der Waals surface area contributed by atoms with E-state index in [0.29, 0.717) is 13.0 Å². The fourth-order valence-corrected chi connectivity index (χ4v) is 2.22. The average Bonchev–Trinajstić information content (AvgIpc) is 2.68. The van der Waals surface area contributed by atoms with E-state index < -0.39 is 5.60 Å². The van der Waals surface area contributed by atoms with Crippen molar-refractivity contribution in [3.8, 4) is 0 Å². The Bertz CT molecular complexity index is 278. The summed E-state index contributed by atoms with van der Waals surface area (Å²) in [6, 6.07) is 0. The zero-order valence-electron chi connectivity index (χ0n) is 9.62. The first-order chi connectivity index (χ1) is 6.82. The van der Waals surface area contributed by atoms with Gasteiger partial charge in [0, 0.05) is 5.54 Å². The number of ether oxygens (including phenoxy) is 1. The monoisotopic (exact) mass is 213 g/mol. The number of rotatable bonds is 0. The summed E-state index contributed by atoms with van der Waals surface area (Å²) in [6.45, 7) is 6.00. The molecule has 2 rings (SSSR count). The van der Waals surface area contributed by atoms with Gasteiger partial charge in [0.1, 0.15) is 5.60 Å². The molecule has 4 nitrogen and oxygen atoms in total. The molecule has 2 aliphatic rings. The highest BCUT2D eigenvalue weighted by molar-refractivity contribution is 5.70. The number of aliphatic hydroxyl groups is 1. The van der Waals surface area contributed by atoms with Gasteiger partial charge in [-0.15, -0.1) is 0 Å². The van der Waals surface area contributed by atoms with E-state index in [1.165, 1.54) is 0 Å². The summed E-state index contributed by atoms with van der Waals surface area (Å²) in [4.78, 5) is 13.6. The van der Waals surface area contributed by atoms with E-state index in [1.807, 2.05) is 20.8 Å². The molecule has 15 heavy (non-hydrogen) atoms. The molecule has 0 radical (unpaired) electrons. The van der Waals surface area contributed by atoms with E-state index in [4.69, 9.17) is 4.74 Å². The van der Waals surface area contributed by atoms with Crippen molar-refractivity contribution >= 4 is 6.09 Å². The topological polar surface area (TPSA) is 49.8 Å². The fourth-order valence-electron chi connectivity index (χ4n) is 2.22. The zero-order chi connectivity index (χ0) is 11.3. The van der Waals surface area contributed by atoms with E-state index in [1.54, 1.807) is 4.90 Å². The molecule has 0 aromatic rings. The Morgan fingerprint density at radius 2 is 2.07 bits per heavy atom. The molecule has 1 N–H and O–H groups in total. The van der Waals surface area contributed by atoms with Gasteiger partial charge in [0.25, 0.3) is 0 Å². The third-order valence-corrected chi connectivity index (χ3v) is 3.02. The summed E-state index contributed by atoms with van der Waals surface area (Å²) in [5.74, 6) is 0. The molecule has 1 amide bonds. The number of likely N-dealkylation sites (tertiary alicyclic amines) is 1. The highest BCUT2D eigenvalue weighted by atomic mass is 16.6. The third-order valence-electron chi connectivity index (χ3n) is 3.02. The van der Waals surface area contributed by atoms with Gasteiger partial charge in [0.15, 0.2) is 0 Å². The molecule has 1 aliphatic carbocycles. The average molecular weight is 213 g/mol. The minimum absolute atomic E-state index is 0.0677. The van der Waals surface area contributed by atoms with Crippen molar-refractivity contribution in [2.45, 2.75) is 57.3 Å². The quantitative estimate of drug-likeness (QED) is 0.663. The van der Waals surface area contributed by atoms with Gasteiger partial charge in [0.05, 0.1) is 12.6 Å². The molecule has 4 heteroatoms. The molecular weight excluding hydrogens is 194 g/mol. The largest absolute Gasteiger partial charge is 0.444 e. The van der Waals surface area contributed by atoms with Gasteiger partial charge < -0.3 is 9.84 Å². The third kappa shape index (κ3) is 2.09. The summed E-state index contributed by atoms with van der Waals surface area (Å²) < 4.78 is 5.32. The van der Waals surface area contributed by atoms with Crippen molar-refractivity contribution in [3.63, 3.8) is 0 Å². The lowest BCUT2D eigenvalue weighted by atomic mass is 10.2. The van der Waals surface area contributed by atoms with Gasteiger partial charge in [-0.05, 0) is 40.0 Å². The van der Waals surface area contributed by atoms with Crippen LogP contribution >= 0.6 is 0 Å². The molecule has 2 fully saturated rings. The van der Waals surface area contributed by atoms with Crippen LogP contribution in [0.4, 0.5) is 4.79 Å². The Balaban J connectivity index is 2.02. The minimum atomic E-state index is -0.458. The first kappa shape index (κ1) is 10.7. The highest BCUT2D eigenvalue weighted by Crippen LogP contribution is 2.49. The molecule has 1 spiro atoms. The molecule has 0 aromatic carbocycles. The number of carbonyl (C=O) groups is 1. The second-order valence-electron chi connectivity index (χ2n) is 5.67. The lowest BCUT2D eigenvalue weighted by molar-refractivity contribution is 0.0187. The maximum Gasteiger partial charge on any atom is 0.410 e. The Kier molecular flexibility index (Phi) is 2.23. The highest BCUT2D eigenvalue weighted by Gasteiger charge is 2.56. The number of hydrogen-bond acceptors (Lipinski definition) is 3. The van der Waals surface area contributed by atoms with Crippen LogP contribution in [0.2, 0.25) is 0 Å². The predicted molar refractivity (Wildman–Crippen MR) is 55.5 cm³/mol. The Morgan fingerprint density at radius 1 is 1.47 bits per heavy atom. The van der Waals surface area contributed by atoms with E-state index in [0.717, 1.165) is 12.8 Å². The van der Waals surface area contributed by atoms with E-state index in [2.05, 4.69) is 0 Å². The normalized spacial score (nSPS) is 28.3. The molecule has 1 saturated carbocycles. The molecule has 1 aliphatic heterocycles. The maximum absolute atomic E-state index is 11.9. The van der Waals surface area contributed by atoms with Crippen molar-refractivity contribution in [1.82, 2.24) is 4.90 Å². The van der Waals surface area contributed by atoms with Gasteiger partial charge in [0.2, 0.25) is 0 Å². The van der Waals surface area contributed by atoms with Crippen LogP contribution in [-0.4, -0.2) is 39.9 Å². The summed E-state index contributed by atoms with van der Waals surface area (Å²) >= 11 is 0. The van der Waals surface area contributed by atoms with Crippen LogP contribution in [0, 0.1) is 0 Å².